The SMILES string of the molecule is O=C(Cn1cnc2sccc2c1=O)N1CCN(c2ccc([N+](=O)[O-])cc2)CC1. The summed E-state index contributed by atoms with van der Waals surface area (Å²) in [5.41, 5.74) is 0.740. The van der Waals surface area contributed by atoms with E-state index in [1.807, 2.05) is 5.38 Å². The molecule has 1 aromatic carbocycles. The van der Waals surface area contributed by atoms with Crippen molar-refractivity contribution < 1.29 is 9.72 Å². The van der Waals surface area contributed by atoms with Crippen molar-refractivity contribution >= 4 is 38.8 Å². The van der Waals surface area contributed by atoms with E-state index in [1.165, 1.54) is 34.4 Å². The predicted octanol–water partition coefficient (Wildman–Crippen LogP) is 1.71. The van der Waals surface area contributed by atoms with Crippen LogP contribution < -0.4 is 10.5 Å². The zero-order chi connectivity index (χ0) is 19.7. The Morgan fingerprint density at radius 1 is 1.14 bits per heavy atom. The smallest absolute Gasteiger partial charge is 0.269 e. The molecule has 0 spiro atoms. The van der Waals surface area contributed by atoms with E-state index in [9.17, 15) is 19.7 Å². The summed E-state index contributed by atoms with van der Waals surface area (Å²) in [6, 6.07) is 8.12. The third-order valence-corrected chi connectivity index (χ3v) is 5.63. The molecule has 3 aromatic rings. The molecule has 2 aromatic heterocycles. The van der Waals surface area contributed by atoms with Crippen molar-refractivity contribution in [1.29, 1.82) is 0 Å². The van der Waals surface area contributed by atoms with Gasteiger partial charge in [-0.2, -0.15) is 0 Å². The second-order valence-electron chi connectivity index (χ2n) is 6.46. The van der Waals surface area contributed by atoms with Gasteiger partial charge in [0.15, 0.2) is 0 Å². The van der Waals surface area contributed by atoms with E-state index in [2.05, 4.69) is 9.88 Å². The van der Waals surface area contributed by atoms with Crippen LogP contribution in [0.1, 0.15) is 0 Å². The van der Waals surface area contributed by atoms with Gasteiger partial charge >= 0.3 is 0 Å². The summed E-state index contributed by atoms with van der Waals surface area (Å²) in [4.78, 5) is 44.1. The quantitative estimate of drug-likeness (QED) is 0.489. The van der Waals surface area contributed by atoms with Gasteiger partial charge in [-0.15, -0.1) is 11.3 Å². The molecule has 9 nitrogen and oxygen atoms in total. The molecule has 28 heavy (non-hydrogen) atoms. The second-order valence-corrected chi connectivity index (χ2v) is 7.35. The summed E-state index contributed by atoms with van der Waals surface area (Å²) in [7, 11) is 0. The molecular formula is C18H17N5O4S. The van der Waals surface area contributed by atoms with Crippen molar-refractivity contribution in [3.8, 4) is 0 Å². The molecule has 144 valence electrons. The lowest BCUT2D eigenvalue weighted by Crippen LogP contribution is -2.50. The van der Waals surface area contributed by atoms with Gasteiger partial charge in [0.25, 0.3) is 11.2 Å². The van der Waals surface area contributed by atoms with E-state index >= 15 is 0 Å². The van der Waals surface area contributed by atoms with Crippen LogP contribution in [-0.2, 0) is 11.3 Å². The minimum absolute atomic E-state index is 0.0326. The number of hydrogen-bond donors (Lipinski definition) is 0. The van der Waals surface area contributed by atoms with E-state index < -0.39 is 4.92 Å². The number of nitro groups is 1. The third-order valence-electron chi connectivity index (χ3n) is 4.81. The highest BCUT2D eigenvalue weighted by atomic mass is 32.1. The molecule has 4 rings (SSSR count). The zero-order valence-corrected chi connectivity index (χ0v) is 15.7. The van der Waals surface area contributed by atoms with Crippen LogP contribution in [0.4, 0.5) is 11.4 Å². The highest BCUT2D eigenvalue weighted by Gasteiger charge is 2.22. The molecule has 3 heterocycles. The molecule has 0 saturated carbocycles. The number of non-ortho nitro benzene ring substituents is 1. The van der Waals surface area contributed by atoms with Gasteiger partial charge in [0.2, 0.25) is 5.91 Å². The number of aromatic nitrogens is 2. The Kier molecular flexibility index (Phi) is 4.78. The summed E-state index contributed by atoms with van der Waals surface area (Å²) in [6.07, 6.45) is 1.42. The number of nitrogens with zero attached hydrogens (tertiary/aromatic N) is 5. The van der Waals surface area contributed by atoms with Gasteiger partial charge in [-0.3, -0.25) is 24.3 Å². The molecule has 0 aliphatic carbocycles. The lowest BCUT2D eigenvalue weighted by atomic mass is 10.2. The standard InChI is InChI=1S/C18H17N5O4S/c24-16(11-22-12-19-17-15(18(22)25)5-10-28-17)21-8-6-20(7-9-21)13-1-3-14(4-2-13)23(26)27/h1-5,10,12H,6-9,11H2. The molecule has 1 amide bonds. The number of carbonyl (C=O) groups is 1. The first kappa shape index (κ1) is 18.1. The van der Waals surface area contributed by atoms with Gasteiger partial charge in [-0.1, -0.05) is 0 Å². The van der Waals surface area contributed by atoms with Crippen molar-refractivity contribution in [3.05, 3.63) is 62.5 Å². The Labute approximate surface area is 163 Å². The fraction of sp³-hybridized carbons (Fsp3) is 0.278. The van der Waals surface area contributed by atoms with Crippen molar-refractivity contribution in [2.45, 2.75) is 6.54 Å². The van der Waals surface area contributed by atoms with E-state index in [0.717, 1.165) is 5.69 Å². The van der Waals surface area contributed by atoms with Crippen LogP contribution in [0.5, 0.6) is 0 Å². The van der Waals surface area contributed by atoms with Gasteiger partial charge in [-0.25, -0.2) is 4.98 Å². The topological polar surface area (TPSA) is 102 Å². The number of rotatable bonds is 4. The minimum atomic E-state index is -0.426. The first-order chi connectivity index (χ1) is 13.5. The van der Waals surface area contributed by atoms with Crippen LogP contribution in [0, 0.1) is 10.1 Å². The molecule has 0 atom stereocenters. The Hall–Kier alpha value is -3.27. The molecule has 1 saturated heterocycles. The van der Waals surface area contributed by atoms with Crippen LogP contribution in [0.3, 0.4) is 0 Å². The first-order valence-electron chi connectivity index (χ1n) is 8.73. The third kappa shape index (κ3) is 3.46. The first-order valence-corrected chi connectivity index (χ1v) is 9.61. The molecule has 0 bridgehead atoms. The Morgan fingerprint density at radius 3 is 2.54 bits per heavy atom. The second kappa shape index (κ2) is 7.39. The number of piperazine rings is 1. The highest BCUT2D eigenvalue weighted by molar-refractivity contribution is 7.16. The molecule has 1 aliphatic heterocycles. The number of carbonyl (C=O) groups excluding carboxylic acids is 1. The molecule has 0 N–H and O–H groups in total. The van der Waals surface area contributed by atoms with Gasteiger partial charge < -0.3 is 9.80 Å². The maximum absolute atomic E-state index is 12.6. The Bertz CT molecular complexity index is 1080. The average molecular weight is 399 g/mol. The largest absolute Gasteiger partial charge is 0.368 e. The Morgan fingerprint density at radius 2 is 1.86 bits per heavy atom. The van der Waals surface area contributed by atoms with Crippen LogP contribution in [0.2, 0.25) is 0 Å². The maximum atomic E-state index is 12.6. The van der Waals surface area contributed by atoms with Gasteiger partial charge in [0.1, 0.15) is 11.4 Å². The molecule has 0 radical (unpaired) electrons. The minimum Gasteiger partial charge on any atom is -0.368 e. The number of nitro benzene ring substituents is 1. The maximum Gasteiger partial charge on any atom is 0.269 e. The van der Waals surface area contributed by atoms with Gasteiger partial charge in [0.05, 0.1) is 16.6 Å². The number of anilines is 1. The molecule has 1 aliphatic rings. The monoisotopic (exact) mass is 399 g/mol. The average Bonchev–Trinajstić information content (AvgIpc) is 3.20. The summed E-state index contributed by atoms with van der Waals surface area (Å²) < 4.78 is 1.35. The summed E-state index contributed by atoms with van der Waals surface area (Å²) in [5, 5.41) is 13.1. The van der Waals surface area contributed by atoms with E-state index in [-0.39, 0.29) is 23.7 Å². The van der Waals surface area contributed by atoms with Crippen LogP contribution >= 0.6 is 11.3 Å². The summed E-state index contributed by atoms with van der Waals surface area (Å²) >= 11 is 1.40. The molecule has 1 fully saturated rings. The number of benzene rings is 1. The van der Waals surface area contributed by atoms with Crippen molar-refractivity contribution in [2.24, 2.45) is 0 Å². The number of fused-ring (bicyclic) bond motifs is 1. The van der Waals surface area contributed by atoms with Crippen LogP contribution in [0.15, 0.2) is 46.8 Å². The summed E-state index contributed by atoms with van der Waals surface area (Å²) in [5.74, 6) is -0.123. The zero-order valence-electron chi connectivity index (χ0n) is 14.9. The fourth-order valence-electron chi connectivity index (χ4n) is 3.25. The predicted molar refractivity (Wildman–Crippen MR) is 106 cm³/mol. The van der Waals surface area contributed by atoms with Crippen molar-refractivity contribution in [2.75, 3.05) is 31.1 Å². The van der Waals surface area contributed by atoms with Crippen molar-refractivity contribution in [1.82, 2.24) is 14.5 Å². The highest BCUT2D eigenvalue weighted by Crippen LogP contribution is 2.20. The fourth-order valence-corrected chi connectivity index (χ4v) is 3.97. The van der Waals surface area contributed by atoms with E-state index in [4.69, 9.17) is 0 Å². The molecular weight excluding hydrogens is 382 g/mol. The number of thiophene rings is 1. The molecule has 0 unspecified atom stereocenters. The lowest BCUT2D eigenvalue weighted by Gasteiger charge is -2.36. The number of hydrogen-bond acceptors (Lipinski definition) is 7. The van der Waals surface area contributed by atoms with Gasteiger partial charge in [0, 0.05) is 44.0 Å². The number of amides is 1. The normalized spacial score (nSPS) is 14.4. The Balaban J connectivity index is 1.39. The van der Waals surface area contributed by atoms with Crippen LogP contribution in [-0.4, -0.2) is 51.5 Å². The summed E-state index contributed by atoms with van der Waals surface area (Å²) in [6.45, 7) is 2.27. The molecule has 10 heteroatoms. The van der Waals surface area contributed by atoms with Gasteiger partial charge in [-0.05, 0) is 23.6 Å². The van der Waals surface area contributed by atoms with Crippen molar-refractivity contribution in [3.63, 3.8) is 0 Å². The van der Waals surface area contributed by atoms with E-state index in [1.54, 1.807) is 23.1 Å². The van der Waals surface area contributed by atoms with Crippen LogP contribution in [0.25, 0.3) is 10.2 Å². The lowest BCUT2D eigenvalue weighted by molar-refractivity contribution is -0.384. The van der Waals surface area contributed by atoms with E-state index in [0.29, 0.717) is 36.4 Å².